The molecule has 218 valence electrons. The third kappa shape index (κ3) is 6.09. The van der Waals surface area contributed by atoms with E-state index in [4.69, 9.17) is 42.7 Å². The zero-order valence-electron chi connectivity index (χ0n) is 23.4. The van der Waals surface area contributed by atoms with Gasteiger partial charge in [-0.2, -0.15) is 5.26 Å². The Morgan fingerprint density at radius 1 is 1.14 bits per heavy atom. The number of halogens is 2. The molecule has 0 aliphatic carbocycles. The van der Waals surface area contributed by atoms with Crippen LogP contribution in [0.4, 0.5) is 0 Å². The van der Waals surface area contributed by atoms with E-state index in [1.54, 1.807) is 80.6 Å². The minimum absolute atomic E-state index is 0.172. The molecule has 0 bridgehead atoms. The number of carbonyl (C=O) groups is 1. The molecule has 0 amide bonds. The van der Waals surface area contributed by atoms with Gasteiger partial charge in [-0.25, -0.2) is 9.79 Å². The molecule has 43 heavy (non-hydrogen) atoms. The molecule has 5 rings (SSSR count). The van der Waals surface area contributed by atoms with Crippen LogP contribution in [-0.2, 0) is 16.1 Å². The van der Waals surface area contributed by atoms with Crippen molar-refractivity contribution < 1.29 is 19.0 Å². The van der Waals surface area contributed by atoms with E-state index in [-0.39, 0.29) is 24.3 Å². The van der Waals surface area contributed by atoms with Crippen LogP contribution >= 0.6 is 34.5 Å². The molecule has 0 radical (unpaired) electrons. The van der Waals surface area contributed by atoms with Gasteiger partial charge in [0.1, 0.15) is 12.6 Å². The summed E-state index contributed by atoms with van der Waals surface area (Å²) in [7, 11) is 1.50. The number of thiazole rings is 1. The summed E-state index contributed by atoms with van der Waals surface area (Å²) in [6.45, 7) is 3.82. The maximum absolute atomic E-state index is 13.9. The van der Waals surface area contributed by atoms with E-state index in [0.717, 1.165) is 5.56 Å². The van der Waals surface area contributed by atoms with Crippen LogP contribution in [-0.4, -0.2) is 24.3 Å². The highest BCUT2D eigenvalue weighted by molar-refractivity contribution is 7.07. The van der Waals surface area contributed by atoms with E-state index in [1.165, 1.54) is 23.0 Å². The van der Waals surface area contributed by atoms with Crippen molar-refractivity contribution in [3.05, 3.63) is 124 Å². The first-order chi connectivity index (χ1) is 20.7. The predicted octanol–water partition coefficient (Wildman–Crippen LogP) is 5.56. The van der Waals surface area contributed by atoms with Crippen molar-refractivity contribution in [1.82, 2.24) is 4.57 Å². The monoisotopic (exact) mass is 633 g/mol. The lowest BCUT2D eigenvalue weighted by Crippen LogP contribution is -2.40. The number of ether oxygens (including phenoxy) is 3. The van der Waals surface area contributed by atoms with E-state index in [2.05, 4.69) is 11.1 Å². The SMILES string of the molecule is CCOC(=O)C1=C(C)N=c2s/c(=C\c3cc(Cl)c(OCc4ccc(C#N)cc4)c(OC)c3)c(=O)n2[C@H]1c1ccccc1Cl. The second-order valence-corrected chi connectivity index (χ2v) is 11.3. The van der Waals surface area contributed by atoms with E-state index in [0.29, 0.717) is 53.3 Å². The number of fused-ring (bicyclic) bond motifs is 1. The fraction of sp³-hybridized carbons (Fsp3) is 0.188. The van der Waals surface area contributed by atoms with Gasteiger partial charge in [0.15, 0.2) is 16.3 Å². The van der Waals surface area contributed by atoms with Crippen LogP contribution < -0.4 is 24.4 Å². The summed E-state index contributed by atoms with van der Waals surface area (Å²) in [5, 5.41) is 9.71. The van der Waals surface area contributed by atoms with E-state index in [1.807, 2.05) is 0 Å². The van der Waals surface area contributed by atoms with E-state index in [9.17, 15) is 9.59 Å². The van der Waals surface area contributed by atoms with Gasteiger partial charge in [-0.05, 0) is 66.9 Å². The zero-order valence-corrected chi connectivity index (χ0v) is 25.7. The van der Waals surface area contributed by atoms with Gasteiger partial charge in [0, 0.05) is 5.02 Å². The summed E-state index contributed by atoms with van der Waals surface area (Å²) in [5.41, 5.74) is 2.95. The summed E-state index contributed by atoms with van der Waals surface area (Å²) in [5.74, 6) is 0.172. The Labute approximate surface area is 261 Å². The summed E-state index contributed by atoms with van der Waals surface area (Å²) in [6.07, 6.45) is 1.69. The Morgan fingerprint density at radius 2 is 1.88 bits per heavy atom. The highest BCUT2D eigenvalue weighted by atomic mass is 35.5. The molecule has 2 heterocycles. The second-order valence-electron chi connectivity index (χ2n) is 9.46. The first-order valence-corrected chi connectivity index (χ1v) is 14.8. The number of carbonyl (C=O) groups excluding carboxylic acids is 1. The first-order valence-electron chi connectivity index (χ1n) is 13.2. The normalized spacial score (nSPS) is 14.5. The minimum Gasteiger partial charge on any atom is -0.493 e. The molecule has 8 nitrogen and oxygen atoms in total. The van der Waals surface area contributed by atoms with Gasteiger partial charge in [-0.1, -0.05) is 64.9 Å². The van der Waals surface area contributed by atoms with Gasteiger partial charge >= 0.3 is 5.97 Å². The van der Waals surface area contributed by atoms with Crippen molar-refractivity contribution in [1.29, 1.82) is 5.26 Å². The topological polar surface area (TPSA) is 103 Å². The molecule has 1 aliphatic rings. The van der Waals surface area contributed by atoms with Crippen molar-refractivity contribution in [2.24, 2.45) is 4.99 Å². The maximum Gasteiger partial charge on any atom is 0.338 e. The molecule has 0 unspecified atom stereocenters. The van der Waals surface area contributed by atoms with Crippen LogP contribution in [0.1, 0.15) is 42.1 Å². The summed E-state index contributed by atoms with van der Waals surface area (Å²) >= 11 is 14.4. The Balaban J connectivity index is 1.56. The van der Waals surface area contributed by atoms with Crippen LogP contribution in [0.15, 0.2) is 81.7 Å². The van der Waals surface area contributed by atoms with Gasteiger partial charge in [0.05, 0.1) is 46.2 Å². The molecule has 0 spiro atoms. The molecule has 4 aromatic rings. The summed E-state index contributed by atoms with van der Waals surface area (Å²) in [4.78, 5) is 32.0. The quantitative estimate of drug-likeness (QED) is 0.235. The van der Waals surface area contributed by atoms with Gasteiger partial charge in [-0.3, -0.25) is 9.36 Å². The van der Waals surface area contributed by atoms with Gasteiger partial charge in [-0.15, -0.1) is 0 Å². The summed E-state index contributed by atoms with van der Waals surface area (Å²) in [6, 6.07) is 18.8. The standard InChI is InChI=1S/C32H25Cl2N3O5S/c1-4-41-31(39)27-18(2)36-32-37(28(27)22-7-5-6-8-23(22)33)30(38)26(43-32)15-21-13-24(34)29(25(14-21)40-3)42-17-20-11-9-19(16-35)10-12-20/h5-15,28H,4,17H2,1-3H3/b26-15-/t28-/m0/s1. The van der Waals surface area contributed by atoms with Gasteiger partial charge in [0.2, 0.25) is 0 Å². The number of hydrogen-bond donors (Lipinski definition) is 0. The van der Waals surface area contributed by atoms with Crippen LogP contribution in [0.5, 0.6) is 11.5 Å². The molecule has 0 fully saturated rings. The van der Waals surface area contributed by atoms with Crippen LogP contribution in [0.25, 0.3) is 6.08 Å². The molecule has 0 saturated carbocycles. The first kappa shape index (κ1) is 30.1. The molecule has 1 atom stereocenters. The molecule has 11 heteroatoms. The minimum atomic E-state index is -0.817. The van der Waals surface area contributed by atoms with Crippen LogP contribution in [0.3, 0.4) is 0 Å². The van der Waals surface area contributed by atoms with Crippen LogP contribution in [0, 0.1) is 11.3 Å². The maximum atomic E-state index is 13.9. The molecule has 0 N–H and O–H groups in total. The number of esters is 1. The lowest BCUT2D eigenvalue weighted by molar-refractivity contribution is -0.139. The lowest BCUT2D eigenvalue weighted by Gasteiger charge is -2.25. The Bertz CT molecular complexity index is 1970. The van der Waals surface area contributed by atoms with E-state index >= 15 is 0 Å². The Morgan fingerprint density at radius 3 is 2.56 bits per heavy atom. The number of nitriles is 1. The van der Waals surface area contributed by atoms with Crippen molar-refractivity contribution in [2.45, 2.75) is 26.5 Å². The van der Waals surface area contributed by atoms with Crippen LogP contribution in [0.2, 0.25) is 10.0 Å². The number of aromatic nitrogens is 1. The van der Waals surface area contributed by atoms with Crippen molar-refractivity contribution >= 4 is 46.6 Å². The number of methoxy groups -OCH3 is 1. The zero-order chi connectivity index (χ0) is 30.7. The molecule has 1 aromatic heterocycles. The summed E-state index contributed by atoms with van der Waals surface area (Å²) < 4.78 is 18.7. The average molecular weight is 635 g/mol. The number of rotatable bonds is 8. The number of allylic oxidation sites excluding steroid dienone is 1. The number of benzene rings is 3. The van der Waals surface area contributed by atoms with Crippen molar-refractivity contribution in [3.63, 3.8) is 0 Å². The highest BCUT2D eigenvalue weighted by Gasteiger charge is 2.34. The molecule has 0 saturated heterocycles. The average Bonchev–Trinajstić information content (AvgIpc) is 3.30. The molecule has 1 aliphatic heterocycles. The Kier molecular flexibility index (Phi) is 9.02. The number of nitrogens with zero attached hydrogens (tertiary/aromatic N) is 3. The molecular weight excluding hydrogens is 609 g/mol. The fourth-order valence-electron chi connectivity index (χ4n) is 4.73. The number of hydrogen-bond acceptors (Lipinski definition) is 8. The predicted molar refractivity (Wildman–Crippen MR) is 165 cm³/mol. The third-order valence-corrected chi connectivity index (χ3v) is 8.34. The third-order valence-electron chi connectivity index (χ3n) is 6.73. The lowest BCUT2D eigenvalue weighted by atomic mass is 9.96. The molecule has 3 aromatic carbocycles. The Hall–Kier alpha value is -4.36. The van der Waals surface area contributed by atoms with E-state index < -0.39 is 12.0 Å². The van der Waals surface area contributed by atoms with Crippen molar-refractivity contribution in [3.8, 4) is 17.6 Å². The fourth-order valence-corrected chi connectivity index (χ4v) is 6.29. The molecular formula is C32H25Cl2N3O5S. The largest absolute Gasteiger partial charge is 0.493 e. The smallest absolute Gasteiger partial charge is 0.338 e. The van der Waals surface area contributed by atoms with Crippen molar-refractivity contribution in [2.75, 3.05) is 13.7 Å². The van der Waals surface area contributed by atoms with Gasteiger partial charge < -0.3 is 14.2 Å². The van der Waals surface area contributed by atoms with Gasteiger partial charge in [0.25, 0.3) is 5.56 Å². The highest BCUT2D eigenvalue weighted by Crippen LogP contribution is 2.37. The second kappa shape index (κ2) is 12.9.